The summed E-state index contributed by atoms with van der Waals surface area (Å²) in [5, 5.41) is 16.0. The molecule has 1 aromatic rings. The van der Waals surface area contributed by atoms with Crippen molar-refractivity contribution in [2.75, 3.05) is 25.5 Å². The number of benzene rings is 1. The van der Waals surface area contributed by atoms with Gasteiger partial charge in [0.25, 0.3) is 0 Å². The van der Waals surface area contributed by atoms with E-state index in [1.165, 1.54) is 7.11 Å². The molecular weight excluding hydrogens is 278 g/mol. The lowest BCUT2D eigenvalue weighted by atomic mass is 10.3. The Hall–Kier alpha value is -2.61. The van der Waals surface area contributed by atoms with E-state index in [0.29, 0.717) is 5.69 Å². The standard InChI is InChI=1S/C13H17N3O5/c1-21-10(12(18)19)7-14-11(17)8-15-13(20)16-9-5-3-2-4-6-9/h2-6,10H,7-8H2,1H3,(H,14,17)(H,18,19)(H2,15,16,20). The van der Waals surface area contributed by atoms with Crippen LogP contribution >= 0.6 is 0 Å². The first kappa shape index (κ1) is 16.4. The van der Waals surface area contributed by atoms with Crippen LogP contribution in [-0.4, -0.2) is 49.3 Å². The highest BCUT2D eigenvalue weighted by atomic mass is 16.5. The number of hydrogen-bond donors (Lipinski definition) is 4. The predicted octanol–water partition coefficient (Wildman–Crippen LogP) is 0.0239. The van der Waals surface area contributed by atoms with Crippen molar-refractivity contribution in [2.45, 2.75) is 6.10 Å². The summed E-state index contributed by atoms with van der Waals surface area (Å²) in [6.07, 6.45) is -1.12. The molecule has 114 valence electrons. The first-order valence-corrected chi connectivity index (χ1v) is 6.15. The average Bonchev–Trinajstić information content (AvgIpc) is 2.46. The average molecular weight is 295 g/mol. The van der Waals surface area contributed by atoms with Crippen LogP contribution in [0, 0.1) is 0 Å². The molecule has 8 heteroatoms. The zero-order valence-corrected chi connectivity index (χ0v) is 11.5. The molecule has 0 aliphatic heterocycles. The van der Waals surface area contributed by atoms with Crippen molar-refractivity contribution in [1.29, 1.82) is 0 Å². The minimum atomic E-state index is -1.17. The number of carbonyl (C=O) groups is 3. The van der Waals surface area contributed by atoms with E-state index in [-0.39, 0.29) is 13.1 Å². The number of amides is 3. The zero-order chi connectivity index (χ0) is 15.7. The second-order valence-corrected chi connectivity index (χ2v) is 4.04. The van der Waals surface area contributed by atoms with Crippen molar-refractivity contribution in [2.24, 2.45) is 0 Å². The first-order chi connectivity index (χ1) is 10.0. The highest BCUT2D eigenvalue weighted by Crippen LogP contribution is 2.03. The van der Waals surface area contributed by atoms with E-state index < -0.39 is 24.0 Å². The summed E-state index contributed by atoms with van der Waals surface area (Å²) in [6.45, 7) is -0.443. The number of methoxy groups -OCH3 is 1. The van der Waals surface area contributed by atoms with Gasteiger partial charge in [-0.1, -0.05) is 18.2 Å². The van der Waals surface area contributed by atoms with Crippen molar-refractivity contribution in [3.05, 3.63) is 30.3 Å². The maximum Gasteiger partial charge on any atom is 0.334 e. The minimum Gasteiger partial charge on any atom is -0.479 e. The van der Waals surface area contributed by atoms with Crippen LogP contribution in [0.15, 0.2) is 30.3 Å². The normalized spacial score (nSPS) is 11.3. The van der Waals surface area contributed by atoms with E-state index in [0.717, 1.165) is 0 Å². The van der Waals surface area contributed by atoms with Crippen LogP contribution in [0.25, 0.3) is 0 Å². The molecule has 3 amide bonds. The van der Waals surface area contributed by atoms with Gasteiger partial charge in [-0.2, -0.15) is 0 Å². The molecule has 0 aliphatic rings. The van der Waals surface area contributed by atoms with Gasteiger partial charge >= 0.3 is 12.0 Å². The molecule has 0 spiro atoms. The van der Waals surface area contributed by atoms with Gasteiger partial charge in [-0.15, -0.1) is 0 Å². The highest BCUT2D eigenvalue weighted by Gasteiger charge is 2.17. The SMILES string of the molecule is COC(CNC(=O)CNC(=O)Nc1ccccc1)C(=O)O. The fourth-order valence-corrected chi connectivity index (χ4v) is 1.40. The Kier molecular flexibility index (Phi) is 6.69. The van der Waals surface area contributed by atoms with Crippen LogP contribution in [0.1, 0.15) is 0 Å². The maximum absolute atomic E-state index is 11.5. The number of rotatable bonds is 7. The second kappa shape index (κ2) is 8.54. The van der Waals surface area contributed by atoms with E-state index in [1.807, 2.05) is 6.07 Å². The molecule has 0 aliphatic carbocycles. The Balaban J connectivity index is 2.26. The highest BCUT2D eigenvalue weighted by molar-refractivity contribution is 5.92. The number of carbonyl (C=O) groups excluding carboxylic acids is 2. The molecule has 8 nitrogen and oxygen atoms in total. The van der Waals surface area contributed by atoms with Crippen molar-refractivity contribution in [3.63, 3.8) is 0 Å². The molecule has 21 heavy (non-hydrogen) atoms. The summed E-state index contributed by atoms with van der Waals surface area (Å²) in [7, 11) is 1.23. The van der Waals surface area contributed by atoms with Gasteiger partial charge in [0, 0.05) is 12.8 Å². The van der Waals surface area contributed by atoms with Crippen molar-refractivity contribution in [3.8, 4) is 0 Å². The predicted molar refractivity (Wildman–Crippen MR) is 74.9 cm³/mol. The summed E-state index contributed by atoms with van der Waals surface area (Å²) >= 11 is 0. The van der Waals surface area contributed by atoms with Gasteiger partial charge in [0.1, 0.15) is 0 Å². The largest absolute Gasteiger partial charge is 0.479 e. The lowest BCUT2D eigenvalue weighted by molar-refractivity contribution is -0.148. The van der Waals surface area contributed by atoms with Gasteiger partial charge in [-0.25, -0.2) is 9.59 Å². The molecule has 1 rings (SSSR count). The monoisotopic (exact) mass is 295 g/mol. The molecule has 1 aromatic carbocycles. The van der Waals surface area contributed by atoms with E-state index in [2.05, 4.69) is 20.7 Å². The summed E-state index contributed by atoms with van der Waals surface area (Å²) < 4.78 is 4.65. The number of carboxylic acids is 1. The Morgan fingerprint density at radius 1 is 1.19 bits per heavy atom. The number of ether oxygens (including phenoxy) is 1. The number of anilines is 1. The topological polar surface area (TPSA) is 117 Å². The molecule has 0 fully saturated rings. The van der Waals surface area contributed by atoms with Crippen molar-refractivity contribution < 1.29 is 24.2 Å². The maximum atomic E-state index is 11.5. The van der Waals surface area contributed by atoms with Gasteiger partial charge < -0.3 is 25.8 Å². The summed E-state index contributed by atoms with van der Waals surface area (Å²) in [5.41, 5.74) is 0.598. The molecule has 1 unspecified atom stereocenters. The number of para-hydroxylation sites is 1. The van der Waals surface area contributed by atoms with Gasteiger partial charge in [0.05, 0.1) is 13.1 Å². The Morgan fingerprint density at radius 2 is 1.86 bits per heavy atom. The van der Waals surface area contributed by atoms with E-state index in [9.17, 15) is 14.4 Å². The van der Waals surface area contributed by atoms with Gasteiger partial charge in [0.15, 0.2) is 6.10 Å². The summed E-state index contributed by atoms with van der Waals surface area (Å²) in [5.74, 6) is -1.69. The molecule has 0 radical (unpaired) electrons. The zero-order valence-electron chi connectivity index (χ0n) is 11.5. The van der Waals surface area contributed by atoms with Crippen LogP contribution in [-0.2, 0) is 14.3 Å². The van der Waals surface area contributed by atoms with Crippen LogP contribution in [0.5, 0.6) is 0 Å². The van der Waals surface area contributed by atoms with Crippen molar-refractivity contribution in [1.82, 2.24) is 10.6 Å². The van der Waals surface area contributed by atoms with Gasteiger partial charge in [-0.05, 0) is 12.1 Å². The molecule has 0 aromatic heterocycles. The van der Waals surface area contributed by atoms with E-state index in [1.54, 1.807) is 24.3 Å². The first-order valence-electron chi connectivity index (χ1n) is 6.15. The van der Waals surface area contributed by atoms with E-state index in [4.69, 9.17) is 5.11 Å². The number of hydrogen-bond acceptors (Lipinski definition) is 4. The van der Waals surface area contributed by atoms with Crippen molar-refractivity contribution >= 4 is 23.6 Å². The van der Waals surface area contributed by atoms with Crippen LogP contribution in [0.3, 0.4) is 0 Å². The number of nitrogens with one attached hydrogen (secondary N) is 3. The van der Waals surface area contributed by atoms with Crippen LogP contribution in [0.2, 0.25) is 0 Å². The third-order valence-electron chi connectivity index (χ3n) is 2.49. The molecule has 1 atom stereocenters. The Morgan fingerprint density at radius 3 is 2.43 bits per heavy atom. The second-order valence-electron chi connectivity index (χ2n) is 4.04. The quantitative estimate of drug-likeness (QED) is 0.566. The molecular formula is C13H17N3O5. The van der Waals surface area contributed by atoms with Gasteiger partial charge in [0.2, 0.25) is 5.91 Å². The van der Waals surface area contributed by atoms with Crippen LogP contribution in [0.4, 0.5) is 10.5 Å². The fraction of sp³-hybridized carbons (Fsp3) is 0.308. The lowest BCUT2D eigenvalue weighted by Gasteiger charge is -2.12. The Labute approximate surface area is 121 Å². The fourth-order valence-electron chi connectivity index (χ4n) is 1.40. The molecule has 0 heterocycles. The number of urea groups is 1. The van der Waals surface area contributed by atoms with E-state index >= 15 is 0 Å². The number of aliphatic carboxylic acids is 1. The molecule has 0 saturated carbocycles. The third kappa shape index (κ3) is 6.39. The minimum absolute atomic E-state index is 0.174. The smallest absolute Gasteiger partial charge is 0.334 e. The molecule has 4 N–H and O–H groups in total. The van der Waals surface area contributed by atoms with Crippen LogP contribution < -0.4 is 16.0 Å². The Bertz CT molecular complexity index is 492. The summed E-state index contributed by atoms with van der Waals surface area (Å²) in [4.78, 5) is 33.6. The number of carboxylic acid groups (broad SMARTS) is 1. The summed E-state index contributed by atoms with van der Waals surface area (Å²) in [6, 6.07) is 8.22. The molecule has 0 bridgehead atoms. The third-order valence-corrected chi connectivity index (χ3v) is 2.49. The van der Waals surface area contributed by atoms with Gasteiger partial charge in [-0.3, -0.25) is 4.79 Å². The lowest BCUT2D eigenvalue weighted by Crippen LogP contribution is -2.43. The molecule has 0 saturated heterocycles.